The van der Waals surface area contributed by atoms with Crippen LogP contribution in [0.2, 0.25) is 0 Å². The maximum atomic E-state index is 12.5. The Morgan fingerprint density at radius 3 is 2.71 bits per heavy atom. The highest BCUT2D eigenvalue weighted by atomic mass is 16.6. The number of carbonyl (C=O) groups excluding carboxylic acids is 2. The molecule has 1 aromatic carbocycles. The standard InChI is InChI=1S/C19H26N4O5/c24-8-7-21-3-5-22(6-4-21)19(26)20-14-11-18(25)23(13-14)15-1-2-16-17(12-15)28-10-9-27-16/h1-2,12,14,24H,3-11,13H2,(H,20,26)/p+1/t14-/m1/s1. The van der Waals surface area contributed by atoms with Crippen molar-refractivity contribution in [1.29, 1.82) is 0 Å². The second-order valence-corrected chi connectivity index (χ2v) is 7.39. The maximum absolute atomic E-state index is 12.5. The number of amides is 3. The first-order valence-corrected chi connectivity index (χ1v) is 9.84. The van der Waals surface area contributed by atoms with Crippen molar-refractivity contribution in [3.05, 3.63) is 18.2 Å². The Hall–Kier alpha value is -2.52. The molecule has 152 valence electrons. The molecule has 0 spiro atoms. The molecule has 1 atom stereocenters. The lowest BCUT2D eigenvalue weighted by Gasteiger charge is -2.32. The number of piperazine rings is 1. The number of anilines is 1. The van der Waals surface area contributed by atoms with E-state index in [1.54, 1.807) is 9.80 Å². The molecule has 3 aliphatic heterocycles. The van der Waals surface area contributed by atoms with E-state index in [1.165, 1.54) is 4.90 Å². The van der Waals surface area contributed by atoms with Crippen LogP contribution in [0.1, 0.15) is 6.42 Å². The summed E-state index contributed by atoms with van der Waals surface area (Å²) in [6, 6.07) is 5.15. The summed E-state index contributed by atoms with van der Waals surface area (Å²) in [5.74, 6) is 1.32. The summed E-state index contributed by atoms with van der Waals surface area (Å²) in [6.07, 6.45) is 0.288. The third-order valence-corrected chi connectivity index (χ3v) is 5.51. The largest absolute Gasteiger partial charge is 0.486 e. The van der Waals surface area contributed by atoms with Gasteiger partial charge in [-0.3, -0.25) is 4.79 Å². The van der Waals surface area contributed by atoms with Gasteiger partial charge in [0.05, 0.1) is 38.8 Å². The van der Waals surface area contributed by atoms with E-state index in [9.17, 15) is 9.59 Å². The fourth-order valence-corrected chi connectivity index (χ4v) is 3.95. The highest BCUT2D eigenvalue weighted by Crippen LogP contribution is 2.35. The number of aliphatic hydroxyl groups is 1. The number of hydrogen-bond acceptors (Lipinski definition) is 5. The summed E-state index contributed by atoms with van der Waals surface area (Å²) in [7, 11) is 0. The Bertz CT molecular complexity index is 735. The molecule has 9 nitrogen and oxygen atoms in total. The number of urea groups is 1. The molecule has 0 aliphatic carbocycles. The zero-order valence-corrected chi connectivity index (χ0v) is 15.9. The van der Waals surface area contributed by atoms with Crippen LogP contribution < -0.4 is 24.6 Å². The number of carbonyl (C=O) groups is 2. The molecule has 1 aromatic rings. The van der Waals surface area contributed by atoms with Crippen LogP contribution in [0, 0.1) is 0 Å². The van der Waals surface area contributed by atoms with Gasteiger partial charge in [0, 0.05) is 24.7 Å². The summed E-state index contributed by atoms with van der Waals surface area (Å²) >= 11 is 0. The van der Waals surface area contributed by atoms with Gasteiger partial charge in [-0.1, -0.05) is 0 Å². The van der Waals surface area contributed by atoms with Gasteiger partial charge in [0.1, 0.15) is 19.8 Å². The number of fused-ring (bicyclic) bond motifs is 1. The average molecular weight is 391 g/mol. The second-order valence-electron chi connectivity index (χ2n) is 7.39. The average Bonchev–Trinajstić information content (AvgIpc) is 3.08. The quantitative estimate of drug-likeness (QED) is 0.579. The molecule has 0 saturated carbocycles. The van der Waals surface area contributed by atoms with E-state index >= 15 is 0 Å². The van der Waals surface area contributed by atoms with Crippen molar-refractivity contribution in [3.63, 3.8) is 0 Å². The first-order chi connectivity index (χ1) is 13.6. The predicted molar refractivity (Wildman–Crippen MR) is 101 cm³/mol. The van der Waals surface area contributed by atoms with E-state index in [4.69, 9.17) is 14.6 Å². The lowest BCUT2D eigenvalue weighted by atomic mass is 10.2. The molecule has 0 radical (unpaired) electrons. The van der Waals surface area contributed by atoms with Crippen LogP contribution in [0.15, 0.2) is 18.2 Å². The third-order valence-electron chi connectivity index (χ3n) is 5.51. The lowest BCUT2D eigenvalue weighted by Crippen LogP contribution is -3.15. The first-order valence-electron chi connectivity index (χ1n) is 9.84. The van der Waals surface area contributed by atoms with E-state index in [2.05, 4.69) is 5.32 Å². The predicted octanol–water partition coefficient (Wildman–Crippen LogP) is -1.53. The van der Waals surface area contributed by atoms with Crippen molar-refractivity contribution in [3.8, 4) is 11.5 Å². The second kappa shape index (κ2) is 8.24. The molecule has 9 heteroatoms. The molecule has 28 heavy (non-hydrogen) atoms. The van der Waals surface area contributed by atoms with Gasteiger partial charge in [0.25, 0.3) is 0 Å². The molecule has 3 amide bonds. The normalized spacial score (nSPS) is 22.5. The molecule has 0 aromatic heterocycles. The zero-order chi connectivity index (χ0) is 19.5. The van der Waals surface area contributed by atoms with Crippen molar-refractivity contribution >= 4 is 17.6 Å². The number of aliphatic hydroxyl groups excluding tert-OH is 1. The summed E-state index contributed by atoms with van der Waals surface area (Å²) in [6.45, 7) is 5.34. The van der Waals surface area contributed by atoms with Gasteiger partial charge in [-0.2, -0.15) is 0 Å². The van der Waals surface area contributed by atoms with E-state index in [0.717, 1.165) is 25.3 Å². The molecule has 3 heterocycles. The topological polar surface area (TPSA) is 95.8 Å². The van der Waals surface area contributed by atoms with Crippen LogP contribution in [0.5, 0.6) is 11.5 Å². The summed E-state index contributed by atoms with van der Waals surface area (Å²) in [4.78, 5) is 29.8. The minimum atomic E-state index is -0.212. The van der Waals surface area contributed by atoms with Gasteiger partial charge in [-0.25, -0.2) is 4.79 Å². The smallest absolute Gasteiger partial charge is 0.318 e. The van der Waals surface area contributed by atoms with E-state index in [1.807, 2.05) is 18.2 Å². The summed E-state index contributed by atoms with van der Waals surface area (Å²) < 4.78 is 11.1. The Morgan fingerprint density at radius 1 is 1.21 bits per heavy atom. The first kappa shape index (κ1) is 18.8. The Labute approximate surface area is 163 Å². The third kappa shape index (κ3) is 4.00. The van der Waals surface area contributed by atoms with Crippen molar-refractivity contribution in [2.45, 2.75) is 12.5 Å². The van der Waals surface area contributed by atoms with E-state index in [0.29, 0.717) is 44.3 Å². The number of hydrogen-bond donors (Lipinski definition) is 3. The van der Waals surface area contributed by atoms with E-state index < -0.39 is 0 Å². The lowest BCUT2D eigenvalue weighted by molar-refractivity contribution is -0.904. The Morgan fingerprint density at radius 2 is 1.96 bits per heavy atom. The van der Waals surface area contributed by atoms with Crippen molar-refractivity contribution in [2.75, 3.05) is 64.0 Å². The molecule has 3 N–H and O–H groups in total. The minimum absolute atomic E-state index is 0.0146. The van der Waals surface area contributed by atoms with Gasteiger partial charge < -0.3 is 34.6 Å². The Balaban J connectivity index is 1.33. The van der Waals surface area contributed by atoms with Crippen LogP contribution in [0.4, 0.5) is 10.5 Å². The highest BCUT2D eigenvalue weighted by Gasteiger charge is 2.34. The number of nitrogens with zero attached hydrogens (tertiary/aromatic N) is 2. The van der Waals surface area contributed by atoms with Crippen molar-refractivity contribution in [1.82, 2.24) is 10.2 Å². The molecule has 3 aliphatic rings. The summed E-state index contributed by atoms with van der Waals surface area (Å²) in [5.41, 5.74) is 0.757. The monoisotopic (exact) mass is 391 g/mol. The maximum Gasteiger partial charge on any atom is 0.318 e. The van der Waals surface area contributed by atoms with Crippen LogP contribution in [0.25, 0.3) is 0 Å². The molecule has 0 bridgehead atoms. The minimum Gasteiger partial charge on any atom is -0.486 e. The van der Waals surface area contributed by atoms with E-state index in [-0.39, 0.29) is 31.0 Å². The molecular weight excluding hydrogens is 364 g/mol. The molecular formula is C19H27N4O5+. The van der Waals surface area contributed by atoms with Gasteiger partial charge in [-0.05, 0) is 12.1 Å². The number of ether oxygens (including phenoxy) is 2. The fourth-order valence-electron chi connectivity index (χ4n) is 3.95. The van der Waals surface area contributed by atoms with Gasteiger partial charge in [-0.15, -0.1) is 0 Å². The van der Waals surface area contributed by atoms with Crippen molar-refractivity contribution < 1.29 is 29.1 Å². The Kier molecular flexibility index (Phi) is 5.54. The number of nitrogens with one attached hydrogen (secondary N) is 2. The molecule has 4 rings (SSSR count). The van der Waals surface area contributed by atoms with Crippen LogP contribution in [0.3, 0.4) is 0 Å². The number of benzene rings is 1. The molecule has 2 saturated heterocycles. The van der Waals surface area contributed by atoms with Crippen LogP contribution in [-0.2, 0) is 4.79 Å². The van der Waals surface area contributed by atoms with Crippen molar-refractivity contribution in [2.24, 2.45) is 0 Å². The van der Waals surface area contributed by atoms with Crippen LogP contribution >= 0.6 is 0 Å². The fraction of sp³-hybridized carbons (Fsp3) is 0.579. The molecule has 2 fully saturated rings. The number of rotatable bonds is 4. The zero-order valence-electron chi connectivity index (χ0n) is 15.9. The SMILES string of the molecule is O=C(N[C@@H]1CC(=O)N(c2ccc3c(c2)OCCO3)C1)N1CC[NH+](CCO)CC1. The highest BCUT2D eigenvalue weighted by molar-refractivity contribution is 5.97. The van der Waals surface area contributed by atoms with Gasteiger partial charge in [0.2, 0.25) is 5.91 Å². The molecule has 0 unspecified atom stereocenters. The van der Waals surface area contributed by atoms with Gasteiger partial charge in [0.15, 0.2) is 11.5 Å². The number of quaternary nitrogens is 1. The summed E-state index contributed by atoms with van der Waals surface area (Å²) in [5, 5.41) is 12.0. The van der Waals surface area contributed by atoms with Gasteiger partial charge >= 0.3 is 6.03 Å². The van der Waals surface area contributed by atoms with Crippen LogP contribution in [-0.4, -0.2) is 87.1 Å².